The van der Waals surface area contributed by atoms with E-state index in [-0.39, 0.29) is 12.5 Å². The number of nitrogens with one attached hydrogen (secondary N) is 1. The van der Waals surface area contributed by atoms with Gasteiger partial charge in [-0.1, -0.05) is 50.8 Å². The van der Waals surface area contributed by atoms with Crippen LogP contribution in [0.2, 0.25) is 5.02 Å². The number of carbonyl (C=O) groups excluding carboxylic acids is 1. The SMILES string of the molecule is CCCCC(CC)CNC(=O)CCCN(c1cc(Cl)ccc1C)S(C)(=O)=O. The number of aryl methyl sites for hydroxylation is 1. The topological polar surface area (TPSA) is 66.5 Å². The number of benzene rings is 1. The highest BCUT2D eigenvalue weighted by Crippen LogP contribution is 2.26. The number of nitrogens with zero attached hydrogens (tertiary/aromatic N) is 1. The predicted molar refractivity (Wildman–Crippen MR) is 114 cm³/mol. The van der Waals surface area contributed by atoms with Gasteiger partial charge in [-0.15, -0.1) is 0 Å². The summed E-state index contributed by atoms with van der Waals surface area (Å²) in [5, 5.41) is 3.47. The van der Waals surface area contributed by atoms with Crippen molar-refractivity contribution in [3.63, 3.8) is 0 Å². The van der Waals surface area contributed by atoms with Crippen molar-refractivity contribution in [3.8, 4) is 0 Å². The summed E-state index contributed by atoms with van der Waals surface area (Å²) in [5.74, 6) is 0.483. The molecule has 0 radical (unpaired) electrons. The molecule has 0 saturated carbocycles. The quantitative estimate of drug-likeness (QED) is 0.544. The van der Waals surface area contributed by atoms with E-state index in [2.05, 4.69) is 19.2 Å². The fraction of sp³-hybridized carbons (Fsp3) is 0.650. The normalized spacial score (nSPS) is 12.6. The molecule has 1 N–H and O–H groups in total. The van der Waals surface area contributed by atoms with E-state index in [4.69, 9.17) is 11.6 Å². The molecule has 0 heterocycles. The molecule has 0 aromatic heterocycles. The van der Waals surface area contributed by atoms with Gasteiger partial charge in [0.15, 0.2) is 0 Å². The molecule has 154 valence electrons. The first-order valence-electron chi connectivity index (χ1n) is 9.69. The van der Waals surface area contributed by atoms with Crippen LogP contribution in [0.4, 0.5) is 5.69 Å². The number of halogens is 1. The van der Waals surface area contributed by atoms with Gasteiger partial charge in [0.25, 0.3) is 0 Å². The molecule has 27 heavy (non-hydrogen) atoms. The summed E-state index contributed by atoms with van der Waals surface area (Å²) >= 11 is 6.03. The van der Waals surface area contributed by atoms with Crippen LogP contribution in [0.1, 0.15) is 57.9 Å². The first-order valence-corrected chi connectivity index (χ1v) is 11.9. The Morgan fingerprint density at radius 2 is 1.96 bits per heavy atom. The largest absolute Gasteiger partial charge is 0.356 e. The molecule has 7 heteroatoms. The molecule has 1 unspecified atom stereocenters. The highest BCUT2D eigenvalue weighted by atomic mass is 35.5. The lowest BCUT2D eigenvalue weighted by atomic mass is 9.99. The molecular weight excluding hydrogens is 384 g/mol. The molecule has 0 aliphatic heterocycles. The Hall–Kier alpha value is -1.27. The first-order chi connectivity index (χ1) is 12.7. The monoisotopic (exact) mass is 416 g/mol. The molecule has 0 spiro atoms. The average Bonchev–Trinajstić information content (AvgIpc) is 2.60. The van der Waals surface area contributed by atoms with Crippen molar-refractivity contribution in [2.75, 3.05) is 23.7 Å². The maximum atomic E-state index is 12.2. The van der Waals surface area contributed by atoms with E-state index in [1.54, 1.807) is 18.2 Å². The minimum Gasteiger partial charge on any atom is -0.356 e. The molecule has 5 nitrogen and oxygen atoms in total. The van der Waals surface area contributed by atoms with Gasteiger partial charge < -0.3 is 5.32 Å². The lowest BCUT2D eigenvalue weighted by molar-refractivity contribution is -0.121. The number of hydrogen-bond donors (Lipinski definition) is 1. The lowest BCUT2D eigenvalue weighted by Gasteiger charge is -2.24. The molecule has 1 aromatic carbocycles. The van der Waals surface area contributed by atoms with E-state index in [0.717, 1.165) is 24.8 Å². The fourth-order valence-electron chi connectivity index (χ4n) is 2.99. The Bertz CT molecular complexity index is 707. The number of hydrogen-bond acceptors (Lipinski definition) is 3. The third-order valence-electron chi connectivity index (χ3n) is 4.74. The summed E-state index contributed by atoms with van der Waals surface area (Å²) in [5.41, 5.74) is 1.40. The second-order valence-corrected chi connectivity index (χ2v) is 9.43. The Morgan fingerprint density at radius 3 is 2.56 bits per heavy atom. The van der Waals surface area contributed by atoms with Crippen LogP contribution in [-0.2, 0) is 14.8 Å². The zero-order chi connectivity index (χ0) is 20.4. The van der Waals surface area contributed by atoms with E-state index in [1.165, 1.54) is 17.0 Å². The van der Waals surface area contributed by atoms with Crippen LogP contribution in [0.15, 0.2) is 18.2 Å². The molecule has 0 fully saturated rings. The van der Waals surface area contributed by atoms with Crippen molar-refractivity contribution in [2.24, 2.45) is 5.92 Å². The molecule has 0 aliphatic rings. The van der Waals surface area contributed by atoms with E-state index in [9.17, 15) is 13.2 Å². The maximum Gasteiger partial charge on any atom is 0.232 e. The van der Waals surface area contributed by atoms with Crippen LogP contribution in [0, 0.1) is 12.8 Å². The molecule has 0 saturated heterocycles. The zero-order valence-electron chi connectivity index (χ0n) is 16.9. The Kier molecular flexibility index (Phi) is 10.2. The number of sulfonamides is 1. The molecule has 1 atom stereocenters. The number of unbranched alkanes of at least 4 members (excludes halogenated alkanes) is 1. The van der Waals surface area contributed by atoms with E-state index in [0.29, 0.717) is 36.0 Å². The van der Waals surface area contributed by atoms with Crippen molar-refractivity contribution in [2.45, 2.75) is 59.3 Å². The van der Waals surface area contributed by atoms with Crippen molar-refractivity contribution in [3.05, 3.63) is 28.8 Å². The second kappa shape index (κ2) is 11.5. The van der Waals surface area contributed by atoms with Gasteiger partial charge in [0.2, 0.25) is 15.9 Å². The minimum absolute atomic E-state index is 0.0267. The predicted octanol–water partition coefficient (Wildman–Crippen LogP) is 4.53. The molecular formula is C20H33ClN2O3S. The smallest absolute Gasteiger partial charge is 0.232 e. The summed E-state index contributed by atoms with van der Waals surface area (Å²) in [6, 6.07) is 5.18. The molecule has 1 rings (SSSR count). The summed E-state index contributed by atoms with van der Waals surface area (Å²) in [4.78, 5) is 12.1. The average molecular weight is 417 g/mol. The van der Waals surface area contributed by atoms with Crippen LogP contribution < -0.4 is 9.62 Å². The summed E-state index contributed by atoms with van der Waals surface area (Å²) in [6.45, 7) is 7.10. The third kappa shape index (κ3) is 8.52. The lowest BCUT2D eigenvalue weighted by Crippen LogP contribution is -2.33. The van der Waals surface area contributed by atoms with Gasteiger partial charge in [-0.05, 0) is 43.4 Å². The molecule has 0 aliphatic carbocycles. The Balaban J connectivity index is 2.60. The summed E-state index contributed by atoms with van der Waals surface area (Å²) in [7, 11) is -3.45. The highest BCUT2D eigenvalue weighted by Gasteiger charge is 2.20. The van der Waals surface area contributed by atoms with Gasteiger partial charge in [-0.2, -0.15) is 0 Å². The standard InChI is InChI=1S/C20H33ClN2O3S/c1-5-7-9-17(6-2)15-22-20(24)10-8-13-23(27(4,25)26)19-14-18(21)12-11-16(19)3/h11-12,14,17H,5-10,13,15H2,1-4H3,(H,22,24). The zero-order valence-corrected chi connectivity index (χ0v) is 18.5. The fourth-order valence-corrected chi connectivity index (χ4v) is 4.17. The molecule has 1 aromatic rings. The molecule has 1 amide bonds. The summed E-state index contributed by atoms with van der Waals surface area (Å²) < 4.78 is 25.7. The van der Waals surface area contributed by atoms with Gasteiger partial charge in [0.1, 0.15) is 0 Å². The van der Waals surface area contributed by atoms with Crippen LogP contribution in [-0.4, -0.2) is 33.7 Å². The molecule has 0 bridgehead atoms. The van der Waals surface area contributed by atoms with Gasteiger partial charge in [-0.3, -0.25) is 9.10 Å². The van der Waals surface area contributed by atoms with Gasteiger partial charge in [0.05, 0.1) is 11.9 Å². The third-order valence-corrected chi connectivity index (χ3v) is 6.15. The first kappa shape index (κ1) is 23.8. The number of rotatable bonds is 12. The minimum atomic E-state index is -3.45. The van der Waals surface area contributed by atoms with E-state index >= 15 is 0 Å². The van der Waals surface area contributed by atoms with Crippen LogP contribution in [0.5, 0.6) is 0 Å². The van der Waals surface area contributed by atoms with Crippen molar-refractivity contribution in [1.29, 1.82) is 0 Å². The summed E-state index contributed by atoms with van der Waals surface area (Å²) in [6.07, 6.45) is 6.45. The van der Waals surface area contributed by atoms with Crippen molar-refractivity contribution >= 4 is 33.2 Å². The number of amides is 1. The maximum absolute atomic E-state index is 12.2. The van der Waals surface area contributed by atoms with E-state index < -0.39 is 10.0 Å². The second-order valence-electron chi connectivity index (χ2n) is 7.09. The van der Waals surface area contributed by atoms with Crippen LogP contribution in [0.3, 0.4) is 0 Å². The van der Waals surface area contributed by atoms with Gasteiger partial charge in [-0.25, -0.2) is 8.42 Å². The van der Waals surface area contributed by atoms with Crippen LogP contribution >= 0.6 is 11.6 Å². The van der Waals surface area contributed by atoms with Crippen LogP contribution in [0.25, 0.3) is 0 Å². The van der Waals surface area contributed by atoms with Crippen molar-refractivity contribution in [1.82, 2.24) is 5.32 Å². The van der Waals surface area contributed by atoms with Gasteiger partial charge in [0, 0.05) is 24.5 Å². The number of anilines is 1. The highest BCUT2D eigenvalue weighted by molar-refractivity contribution is 7.92. The van der Waals surface area contributed by atoms with E-state index in [1.807, 2.05) is 6.92 Å². The van der Waals surface area contributed by atoms with Crippen molar-refractivity contribution < 1.29 is 13.2 Å². The Morgan fingerprint density at radius 1 is 1.26 bits per heavy atom. The Labute approximate surface area is 169 Å². The van der Waals surface area contributed by atoms with Gasteiger partial charge >= 0.3 is 0 Å². The number of carbonyl (C=O) groups is 1.